The first-order chi connectivity index (χ1) is 6.61. The second-order valence-corrected chi connectivity index (χ2v) is 4.96. The highest BCUT2D eigenvalue weighted by Crippen LogP contribution is 2.15. The fourth-order valence-electron chi connectivity index (χ4n) is 1.20. The SMILES string of the molecule is CCN(c1cccnc1)S(=O)(=O)CC. The van der Waals surface area contributed by atoms with E-state index in [1.807, 2.05) is 0 Å². The molecule has 14 heavy (non-hydrogen) atoms. The summed E-state index contributed by atoms with van der Waals surface area (Å²) in [7, 11) is -3.17. The van der Waals surface area contributed by atoms with Crippen LogP contribution in [0.1, 0.15) is 13.8 Å². The van der Waals surface area contributed by atoms with E-state index < -0.39 is 10.0 Å². The molecule has 0 aromatic carbocycles. The Morgan fingerprint density at radius 1 is 1.43 bits per heavy atom. The normalized spacial score (nSPS) is 11.3. The predicted molar refractivity (Wildman–Crippen MR) is 56.7 cm³/mol. The lowest BCUT2D eigenvalue weighted by Crippen LogP contribution is -2.32. The molecule has 1 rings (SSSR count). The highest BCUT2D eigenvalue weighted by molar-refractivity contribution is 7.92. The third-order valence-electron chi connectivity index (χ3n) is 1.92. The minimum Gasteiger partial charge on any atom is -0.269 e. The highest BCUT2D eigenvalue weighted by atomic mass is 32.2. The van der Waals surface area contributed by atoms with Crippen LogP contribution in [-0.2, 0) is 10.0 Å². The van der Waals surface area contributed by atoms with E-state index in [0.717, 1.165) is 0 Å². The highest BCUT2D eigenvalue weighted by Gasteiger charge is 2.18. The fraction of sp³-hybridized carbons (Fsp3) is 0.444. The van der Waals surface area contributed by atoms with E-state index in [0.29, 0.717) is 12.2 Å². The Morgan fingerprint density at radius 3 is 2.57 bits per heavy atom. The van der Waals surface area contributed by atoms with Gasteiger partial charge < -0.3 is 0 Å². The van der Waals surface area contributed by atoms with Crippen molar-refractivity contribution in [2.75, 3.05) is 16.6 Å². The van der Waals surface area contributed by atoms with Crippen molar-refractivity contribution in [1.82, 2.24) is 4.98 Å². The molecule has 1 heterocycles. The summed E-state index contributed by atoms with van der Waals surface area (Å²) < 4.78 is 24.6. The molecule has 0 aliphatic rings. The maximum absolute atomic E-state index is 11.6. The van der Waals surface area contributed by atoms with Crippen LogP contribution in [0.15, 0.2) is 24.5 Å². The average Bonchev–Trinajstić information content (AvgIpc) is 2.20. The molecule has 0 saturated carbocycles. The molecule has 0 atom stereocenters. The third-order valence-corrected chi connectivity index (χ3v) is 3.79. The number of hydrogen-bond acceptors (Lipinski definition) is 3. The molecular weight excluding hydrogens is 200 g/mol. The molecular formula is C9H14N2O2S. The number of anilines is 1. The predicted octanol–water partition coefficient (Wildman–Crippen LogP) is 1.26. The molecule has 0 bridgehead atoms. The third kappa shape index (κ3) is 2.23. The molecule has 0 spiro atoms. The first kappa shape index (κ1) is 11.0. The van der Waals surface area contributed by atoms with Gasteiger partial charge in [0.2, 0.25) is 10.0 Å². The van der Waals surface area contributed by atoms with Crippen molar-refractivity contribution in [1.29, 1.82) is 0 Å². The van der Waals surface area contributed by atoms with Crippen molar-refractivity contribution >= 4 is 15.7 Å². The van der Waals surface area contributed by atoms with E-state index >= 15 is 0 Å². The van der Waals surface area contributed by atoms with Crippen LogP contribution in [0.4, 0.5) is 5.69 Å². The molecule has 0 fully saturated rings. The lowest BCUT2D eigenvalue weighted by molar-refractivity contribution is 0.593. The average molecular weight is 214 g/mol. The van der Waals surface area contributed by atoms with Crippen molar-refractivity contribution in [3.8, 4) is 0 Å². The standard InChI is InChI=1S/C9H14N2O2S/c1-3-11(14(12,13)4-2)9-6-5-7-10-8-9/h5-8H,3-4H2,1-2H3. The lowest BCUT2D eigenvalue weighted by Gasteiger charge is -2.21. The summed E-state index contributed by atoms with van der Waals surface area (Å²) in [5.41, 5.74) is 0.622. The van der Waals surface area contributed by atoms with Gasteiger partial charge in [-0.3, -0.25) is 9.29 Å². The Hall–Kier alpha value is -1.10. The minimum atomic E-state index is -3.17. The van der Waals surface area contributed by atoms with Crippen LogP contribution in [0.25, 0.3) is 0 Å². The van der Waals surface area contributed by atoms with Crippen LogP contribution >= 0.6 is 0 Å². The number of sulfonamides is 1. The summed E-state index contributed by atoms with van der Waals surface area (Å²) in [6.45, 7) is 3.87. The quantitative estimate of drug-likeness (QED) is 0.758. The molecule has 0 saturated heterocycles. The van der Waals surface area contributed by atoms with Gasteiger partial charge in [0.1, 0.15) is 0 Å². The fourth-order valence-corrected chi connectivity index (χ4v) is 2.33. The Bertz CT molecular complexity index is 375. The number of nitrogens with zero attached hydrogens (tertiary/aromatic N) is 2. The number of pyridine rings is 1. The van der Waals surface area contributed by atoms with Gasteiger partial charge >= 0.3 is 0 Å². The molecule has 78 valence electrons. The maximum Gasteiger partial charge on any atom is 0.234 e. The van der Waals surface area contributed by atoms with Crippen LogP contribution in [0.3, 0.4) is 0 Å². The van der Waals surface area contributed by atoms with Crippen molar-refractivity contribution in [3.63, 3.8) is 0 Å². The minimum absolute atomic E-state index is 0.107. The Kier molecular flexibility index (Phi) is 3.46. The lowest BCUT2D eigenvalue weighted by atomic mass is 10.4. The van der Waals surface area contributed by atoms with Gasteiger partial charge in [0.15, 0.2) is 0 Å². The van der Waals surface area contributed by atoms with Crippen molar-refractivity contribution in [2.24, 2.45) is 0 Å². The van der Waals surface area contributed by atoms with E-state index in [2.05, 4.69) is 4.98 Å². The first-order valence-electron chi connectivity index (χ1n) is 4.52. The molecule has 0 amide bonds. The van der Waals surface area contributed by atoms with Crippen molar-refractivity contribution in [2.45, 2.75) is 13.8 Å². The summed E-state index contributed by atoms with van der Waals surface area (Å²) >= 11 is 0. The molecule has 0 aliphatic carbocycles. The Morgan fingerprint density at radius 2 is 2.14 bits per heavy atom. The first-order valence-corrected chi connectivity index (χ1v) is 6.13. The van der Waals surface area contributed by atoms with E-state index in [-0.39, 0.29) is 5.75 Å². The van der Waals surface area contributed by atoms with Crippen LogP contribution in [0.5, 0.6) is 0 Å². The van der Waals surface area contributed by atoms with Crippen LogP contribution in [-0.4, -0.2) is 25.7 Å². The molecule has 5 heteroatoms. The van der Waals surface area contributed by atoms with Gasteiger partial charge in [-0.15, -0.1) is 0 Å². The van der Waals surface area contributed by atoms with Crippen LogP contribution in [0, 0.1) is 0 Å². The monoisotopic (exact) mass is 214 g/mol. The number of rotatable bonds is 4. The molecule has 4 nitrogen and oxygen atoms in total. The zero-order valence-corrected chi connectivity index (χ0v) is 9.16. The summed E-state index contributed by atoms with van der Waals surface area (Å²) in [5, 5.41) is 0. The zero-order valence-electron chi connectivity index (χ0n) is 8.34. The van der Waals surface area contributed by atoms with Gasteiger partial charge in [-0.1, -0.05) is 0 Å². The maximum atomic E-state index is 11.6. The van der Waals surface area contributed by atoms with Gasteiger partial charge in [-0.25, -0.2) is 8.42 Å². The topological polar surface area (TPSA) is 50.3 Å². The number of aromatic nitrogens is 1. The van der Waals surface area contributed by atoms with Crippen LogP contribution in [0.2, 0.25) is 0 Å². The van der Waals surface area contributed by atoms with Crippen molar-refractivity contribution in [3.05, 3.63) is 24.5 Å². The second-order valence-electron chi connectivity index (χ2n) is 2.78. The number of hydrogen-bond donors (Lipinski definition) is 0. The second kappa shape index (κ2) is 4.41. The molecule has 0 N–H and O–H groups in total. The summed E-state index contributed by atoms with van der Waals surface area (Å²) in [5.74, 6) is 0.107. The Balaban J connectivity index is 3.06. The smallest absolute Gasteiger partial charge is 0.234 e. The van der Waals surface area contributed by atoms with E-state index in [1.165, 1.54) is 4.31 Å². The molecule has 1 aromatic rings. The van der Waals surface area contributed by atoms with Gasteiger partial charge in [0.25, 0.3) is 0 Å². The molecule has 0 radical (unpaired) electrons. The van der Waals surface area contributed by atoms with E-state index in [9.17, 15) is 8.42 Å². The van der Waals surface area contributed by atoms with Crippen LogP contribution < -0.4 is 4.31 Å². The summed E-state index contributed by atoms with van der Waals surface area (Å²) in [6, 6.07) is 3.47. The van der Waals surface area contributed by atoms with E-state index in [1.54, 1.807) is 38.4 Å². The van der Waals surface area contributed by atoms with Crippen molar-refractivity contribution < 1.29 is 8.42 Å². The van der Waals surface area contributed by atoms with E-state index in [4.69, 9.17) is 0 Å². The zero-order chi connectivity index (χ0) is 10.6. The Labute approximate surface area is 84.6 Å². The molecule has 1 aromatic heterocycles. The summed E-state index contributed by atoms with van der Waals surface area (Å²) in [4.78, 5) is 3.90. The summed E-state index contributed by atoms with van der Waals surface area (Å²) in [6.07, 6.45) is 3.17. The van der Waals surface area contributed by atoms with Gasteiger partial charge in [0.05, 0.1) is 17.6 Å². The molecule has 0 aliphatic heterocycles. The van der Waals surface area contributed by atoms with Gasteiger partial charge in [0, 0.05) is 12.7 Å². The van der Waals surface area contributed by atoms with Gasteiger partial charge in [-0.2, -0.15) is 0 Å². The molecule has 0 unspecified atom stereocenters. The van der Waals surface area contributed by atoms with Gasteiger partial charge in [-0.05, 0) is 26.0 Å². The largest absolute Gasteiger partial charge is 0.269 e.